The molecule has 0 fully saturated rings. The monoisotopic (exact) mass is 445 g/mol. The molecule has 2 rings (SSSR count). The van der Waals surface area contributed by atoms with Gasteiger partial charge in [-0.25, -0.2) is 13.2 Å². The third kappa shape index (κ3) is 5.29. The summed E-state index contributed by atoms with van der Waals surface area (Å²) in [4.78, 5) is 23.9. The number of rotatable bonds is 5. The highest BCUT2D eigenvalue weighted by atomic mass is 79.9. The normalized spacial score (nSPS) is 11.0. The molecule has 0 aliphatic heterocycles. The number of hydrogen-bond donors (Lipinski definition) is 1. The fraction of sp³-hybridized carbons (Fsp3) is 0.125. The van der Waals surface area contributed by atoms with Crippen LogP contribution in [0.1, 0.15) is 10.4 Å². The molecule has 1 amide bonds. The molecule has 0 aromatic heterocycles. The quantitative estimate of drug-likeness (QED) is 0.712. The van der Waals surface area contributed by atoms with Crippen LogP contribution in [0.2, 0.25) is 5.02 Å². The van der Waals surface area contributed by atoms with Crippen LogP contribution in [0.3, 0.4) is 0 Å². The summed E-state index contributed by atoms with van der Waals surface area (Å²) in [5.41, 5.74) is 0.402. The van der Waals surface area contributed by atoms with Gasteiger partial charge in [-0.3, -0.25) is 4.79 Å². The van der Waals surface area contributed by atoms with Crippen molar-refractivity contribution in [2.75, 3.05) is 18.2 Å². The zero-order chi connectivity index (χ0) is 18.6. The summed E-state index contributed by atoms with van der Waals surface area (Å²) in [5.74, 6) is -1.31. The highest BCUT2D eigenvalue weighted by Gasteiger charge is 2.15. The van der Waals surface area contributed by atoms with E-state index < -0.39 is 28.3 Å². The number of sulfone groups is 1. The van der Waals surface area contributed by atoms with Gasteiger partial charge in [-0.15, -0.1) is 0 Å². The lowest BCUT2D eigenvalue weighted by molar-refractivity contribution is -0.119. The molecule has 0 aliphatic rings. The first-order chi connectivity index (χ1) is 11.7. The Morgan fingerprint density at radius 3 is 2.52 bits per heavy atom. The number of carbonyl (C=O) groups excluding carboxylic acids is 2. The van der Waals surface area contributed by atoms with E-state index in [1.807, 2.05) is 0 Å². The Balaban J connectivity index is 2.04. The van der Waals surface area contributed by atoms with Crippen molar-refractivity contribution < 1.29 is 22.7 Å². The van der Waals surface area contributed by atoms with Crippen LogP contribution < -0.4 is 5.32 Å². The molecule has 2 aromatic carbocycles. The van der Waals surface area contributed by atoms with Gasteiger partial charge in [-0.1, -0.05) is 23.7 Å². The van der Waals surface area contributed by atoms with Crippen LogP contribution in [0.15, 0.2) is 51.8 Å². The van der Waals surface area contributed by atoms with E-state index in [1.54, 1.807) is 24.3 Å². The summed E-state index contributed by atoms with van der Waals surface area (Å²) >= 11 is 9.16. The second kappa shape index (κ2) is 7.99. The molecule has 25 heavy (non-hydrogen) atoms. The lowest BCUT2D eigenvalue weighted by Crippen LogP contribution is -2.21. The summed E-state index contributed by atoms with van der Waals surface area (Å²) < 4.78 is 28.6. The van der Waals surface area contributed by atoms with Crippen LogP contribution in [-0.2, 0) is 19.4 Å². The van der Waals surface area contributed by atoms with Gasteiger partial charge >= 0.3 is 5.97 Å². The standard InChI is InChI=1S/C16H13BrClNO5S/c1-25(22,23)10-6-7-13(18)14(8-10)19-15(20)9-24-16(21)11-4-2-3-5-12(11)17/h2-8H,9H2,1H3,(H,19,20). The van der Waals surface area contributed by atoms with Crippen molar-refractivity contribution in [1.82, 2.24) is 0 Å². The smallest absolute Gasteiger partial charge is 0.339 e. The Hall–Kier alpha value is -1.90. The van der Waals surface area contributed by atoms with Gasteiger partial charge in [0, 0.05) is 10.7 Å². The molecule has 1 N–H and O–H groups in total. The highest BCUT2D eigenvalue weighted by molar-refractivity contribution is 9.10. The van der Waals surface area contributed by atoms with Crippen molar-refractivity contribution in [3.8, 4) is 0 Å². The summed E-state index contributed by atoms with van der Waals surface area (Å²) in [6, 6.07) is 10.6. The van der Waals surface area contributed by atoms with Crippen molar-refractivity contribution >= 4 is 54.9 Å². The van der Waals surface area contributed by atoms with Crippen LogP contribution in [0.5, 0.6) is 0 Å². The van der Waals surface area contributed by atoms with Gasteiger partial charge in [-0.2, -0.15) is 0 Å². The number of anilines is 1. The lowest BCUT2D eigenvalue weighted by Gasteiger charge is -2.10. The van der Waals surface area contributed by atoms with Gasteiger partial charge < -0.3 is 10.1 Å². The van der Waals surface area contributed by atoms with E-state index in [2.05, 4.69) is 21.2 Å². The average molecular weight is 447 g/mol. The van der Waals surface area contributed by atoms with Crippen molar-refractivity contribution in [2.24, 2.45) is 0 Å². The Kier molecular flexibility index (Phi) is 6.21. The molecule has 0 saturated heterocycles. The van der Waals surface area contributed by atoms with Gasteiger partial charge in [0.2, 0.25) is 0 Å². The molecule has 0 bridgehead atoms. The first kappa shape index (κ1) is 19.4. The van der Waals surface area contributed by atoms with Gasteiger partial charge in [-0.05, 0) is 46.3 Å². The van der Waals surface area contributed by atoms with Crippen LogP contribution in [0.25, 0.3) is 0 Å². The average Bonchev–Trinajstić information content (AvgIpc) is 2.54. The van der Waals surface area contributed by atoms with E-state index in [1.165, 1.54) is 18.2 Å². The molecule has 0 saturated carbocycles. The van der Waals surface area contributed by atoms with Gasteiger partial charge in [0.25, 0.3) is 5.91 Å². The molecule has 132 valence electrons. The van der Waals surface area contributed by atoms with Gasteiger partial charge in [0.05, 0.1) is 21.2 Å². The molecule has 0 atom stereocenters. The maximum Gasteiger partial charge on any atom is 0.339 e. The third-order valence-electron chi connectivity index (χ3n) is 3.07. The Labute approximate surface area is 158 Å². The first-order valence-corrected chi connectivity index (χ1v) is 9.96. The molecule has 0 spiro atoms. The van der Waals surface area contributed by atoms with Crippen molar-refractivity contribution in [1.29, 1.82) is 0 Å². The zero-order valence-electron chi connectivity index (χ0n) is 13.0. The number of amides is 1. The first-order valence-electron chi connectivity index (χ1n) is 6.89. The molecule has 0 heterocycles. The summed E-state index contributed by atoms with van der Waals surface area (Å²) in [5, 5.41) is 2.58. The van der Waals surface area contributed by atoms with E-state index >= 15 is 0 Å². The minimum absolute atomic E-state index is 0.0115. The van der Waals surface area contributed by atoms with Gasteiger partial charge in [0.1, 0.15) is 0 Å². The summed E-state index contributed by atoms with van der Waals surface area (Å²) in [7, 11) is -3.44. The minimum Gasteiger partial charge on any atom is -0.452 e. The maximum atomic E-state index is 11.9. The minimum atomic E-state index is -3.44. The number of esters is 1. The number of halogens is 2. The van der Waals surface area contributed by atoms with E-state index in [0.717, 1.165) is 6.26 Å². The summed E-state index contributed by atoms with van der Waals surface area (Å²) in [6.07, 6.45) is 1.04. The molecule has 0 unspecified atom stereocenters. The van der Waals surface area contributed by atoms with E-state index in [0.29, 0.717) is 4.47 Å². The predicted molar refractivity (Wildman–Crippen MR) is 97.6 cm³/mol. The van der Waals surface area contributed by atoms with Crippen molar-refractivity contribution in [2.45, 2.75) is 4.90 Å². The van der Waals surface area contributed by atoms with E-state index in [-0.39, 0.29) is 21.2 Å². The fourth-order valence-corrected chi connectivity index (χ4v) is 3.11. The highest BCUT2D eigenvalue weighted by Crippen LogP contribution is 2.25. The Morgan fingerprint density at radius 2 is 1.88 bits per heavy atom. The van der Waals surface area contributed by atoms with E-state index in [4.69, 9.17) is 16.3 Å². The van der Waals surface area contributed by atoms with E-state index in [9.17, 15) is 18.0 Å². The molecule has 0 radical (unpaired) electrons. The maximum absolute atomic E-state index is 11.9. The second-order valence-corrected chi connectivity index (χ2v) is 8.30. The number of benzene rings is 2. The fourth-order valence-electron chi connectivity index (χ4n) is 1.85. The summed E-state index contributed by atoms with van der Waals surface area (Å²) in [6.45, 7) is -0.542. The Bertz CT molecular complexity index is 930. The molecule has 2 aromatic rings. The molecule has 6 nitrogen and oxygen atoms in total. The molecular weight excluding hydrogens is 434 g/mol. The van der Waals surface area contributed by atoms with Crippen LogP contribution in [-0.4, -0.2) is 33.2 Å². The molecule has 9 heteroatoms. The topological polar surface area (TPSA) is 89.5 Å². The molecular formula is C16H13BrClNO5S. The van der Waals surface area contributed by atoms with Gasteiger partial charge in [0.15, 0.2) is 16.4 Å². The largest absolute Gasteiger partial charge is 0.452 e. The van der Waals surface area contributed by atoms with Crippen LogP contribution in [0.4, 0.5) is 5.69 Å². The zero-order valence-corrected chi connectivity index (χ0v) is 16.1. The van der Waals surface area contributed by atoms with Crippen LogP contribution in [0, 0.1) is 0 Å². The SMILES string of the molecule is CS(=O)(=O)c1ccc(Cl)c(NC(=O)COC(=O)c2ccccc2Br)c1. The number of carbonyl (C=O) groups is 2. The second-order valence-electron chi connectivity index (χ2n) is 5.02. The Morgan fingerprint density at radius 1 is 1.20 bits per heavy atom. The number of nitrogens with one attached hydrogen (secondary N) is 1. The number of hydrogen-bond acceptors (Lipinski definition) is 5. The number of ether oxygens (including phenoxy) is 1. The van der Waals surface area contributed by atoms with Crippen molar-refractivity contribution in [3.63, 3.8) is 0 Å². The molecule has 0 aliphatic carbocycles. The third-order valence-corrected chi connectivity index (χ3v) is 5.20. The van der Waals surface area contributed by atoms with Crippen LogP contribution >= 0.6 is 27.5 Å². The predicted octanol–water partition coefficient (Wildman–Crippen LogP) is 3.30. The lowest BCUT2D eigenvalue weighted by atomic mass is 10.2. The van der Waals surface area contributed by atoms with Crippen molar-refractivity contribution in [3.05, 3.63) is 57.5 Å².